The summed E-state index contributed by atoms with van der Waals surface area (Å²) in [6.07, 6.45) is 3.40. The third kappa shape index (κ3) is 1.71. The summed E-state index contributed by atoms with van der Waals surface area (Å²) in [4.78, 5) is 12.5. The molecule has 3 aromatic rings. The first-order chi connectivity index (χ1) is 8.36. The molecular weight excluding hydrogens is 218 g/mol. The van der Waals surface area contributed by atoms with Gasteiger partial charge in [0.2, 0.25) is 11.8 Å². The Morgan fingerprint density at radius 2 is 2.12 bits per heavy atom. The van der Waals surface area contributed by atoms with Crippen molar-refractivity contribution >= 4 is 11.2 Å². The van der Waals surface area contributed by atoms with Crippen LogP contribution in [-0.4, -0.2) is 22.1 Å². The summed E-state index contributed by atoms with van der Waals surface area (Å²) in [7, 11) is 1.56. The molecule has 0 aliphatic heterocycles. The molecule has 0 aliphatic carbocycles. The fraction of sp³-hybridized carbons (Fsp3) is 0.0833. The normalized spacial score (nSPS) is 10.6. The van der Waals surface area contributed by atoms with Crippen molar-refractivity contribution in [3.05, 3.63) is 36.7 Å². The van der Waals surface area contributed by atoms with Crippen LogP contribution in [0, 0.1) is 0 Å². The molecule has 84 valence electrons. The molecule has 0 N–H and O–H groups in total. The molecule has 0 aromatic carbocycles. The van der Waals surface area contributed by atoms with Gasteiger partial charge in [0.05, 0.1) is 12.7 Å². The topological polar surface area (TPSA) is 61.0 Å². The summed E-state index contributed by atoms with van der Waals surface area (Å²) < 4.78 is 10.6. The van der Waals surface area contributed by atoms with E-state index in [9.17, 15) is 0 Å². The summed E-state index contributed by atoms with van der Waals surface area (Å²) in [5.74, 6) is 1.01. The van der Waals surface area contributed by atoms with E-state index in [1.165, 1.54) is 0 Å². The second kappa shape index (κ2) is 3.86. The van der Waals surface area contributed by atoms with E-state index in [4.69, 9.17) is 9.15 Å². The largest absolute Gasteiger partial charge is 0.481 e. The minimum absolute atomic E-state index is 0.461. The van der Waals surface area contributed by atoms with E-state index in [1.807, 2.05) is 18.2 Å². The van der Waals surface area contributed by atoms with Crippen molar-refractivity contribution in [1.29, 1.82) is 0 Å². The molecule has 0 amide bonds. The second-order valence-corrected chi connectivity index (χ2v) is 3.44. The number of ether oxygens (including phenoxy) is 1. The van der Waals surface area contributed by atoms with Gasteiger partial charge in [-0.25, -0.2) is 4.98 Å². The first-order valence-corrected chi connectivity index (χ1v) is 5.09. The smallest absolute Gasteiger partial charge is 0.250 e. The van der Waals surface area contributed by atoms with Crippen LogP contribution in [0.4, 0.5) is 0 Å². The SMILES string of the molecule is COc1ccc2nc(-c3cccnc3)oc2n1. The molecule has 0 spiro atoms. The maximum Gasteiger partial charge on any atom is 0.250 e. The van der Waals surface area contributed by atoms with Crippen LogP contribution in [0.5, 0.6) is 5.88 Å². The molecule has 0 bridgehead atoms. The van der Waals surface area contributed by atoms with Crippen molar-refractivity contribution in [2.75, 3.05) is 7.11 Å². The van der Waals surface area contributed by atoms with Gasteiger partial charge >= 0.3 is 0 Å². The highest BCUT2D eigenvalue weighted by Gasteiger charge is 2.09. The highest BCUT2D eigenvalue weighted by Crippen LogP contribution is 2.23. The van der Waals surface area contributed by atoms with Crippen molar-refractivity contribution in [2.24, 2.45) is 0 Å². The highest BCUT2D eigenvalue weighted by atomic mass is 16.5. The quantitative estimate of drug-likeness (QED) is 0.672. The van der Waals surface area contributed by atoms with Crippen LogP contribution in [0.3, 0.4) is 0 Å². The van der Waals surface area contributed by atoms with Crippen molar-refractivity contribution in [3.8, 4) is 17.3 Å². The first-order valence-electron chi connectivity index (χ1n) is 5.09. The molecule has 0 saturated carbocycles. The fourth-order valence-electron chi connectivity index (χ4n) is 1.53. The van der Waals surface area contributed by atoms with E-state index in [0.29, 0.717) is 23.0 Å². The maximum absolute atomic E-state index is 5.55. The van der Waals surface area contributed by atoms with Gasteiger partial charge in [0.25, 0.3) is 5.71 Å². The van der Waals surface area contributed by atoms with Crippen molar-refractivity contribution in [3.63, 3.8) is 0 Å². The number of hydrogen-bond donors (Lipinski definition) is 0. The lowest BCUT2D eigenvalue weighted by Gasteiger charge is -1.94. The number of methoxy groups -OCH3 is 1. The highest BCUT2D eigenvalue weighted by molar-refractivity contribution is 5.72. The summed E-state index contributed by atoms with van der Waals surface area (Å²) in [6.45, 7) is 0. The van der Waals surface area contributed by atoms with Gasteiger partial charge < -0.3 is 9.15 Å². The van der Waals surface area contributed by atoms with Gasteiger partial charge in [0.15, 0.2) is 0 Å². The summed E-state index contributed by atoms with van der Waals surface area (Å²) in [6, 6.07) is 7.27. The zero-order chi connectivity index (χ0) is 11.7. The Bertz CT molecular complexity index is 649. The Hall–Kier alpha value is -2.43. The molecule has 3 heterocycles. The Balaban J connectivity index is 2.14. The standard InChI is InChI=1S/C12H9N3O2/c1-16-10-5-4-9-12(15-10)17-11(14-9)8-3-2-6-13-7-8/h2-7H,1H3. The zero-order valence-corrected chi connectivity index (χ0v) is 9.12. The van der Waals surface area contributed by atoms with E-state index in [0.717, 1.165) is 5.56 Å². The average Bonchev–Trinajstić information content (AvgIpc) is 2.82. The lowest BCUT2D eigenvalue weighted by molar-refractivity contribution is 0.397. The van der Waals surface area contributed by atoms with Gasteiger partial charge in [-0.1, -0.05) is 0 Å². The van der Waals surface area contributed by atoms with E-state index in [2.05, 4.69) is 15.0 Å². The predicted molar refractivity (Wildman–Crippen MR) is 61.6 cm³/mol. The molecule has 3 rings (SSSR count). The molecule has 0 atom stereocenters. The van der Waals surface area contributed by atoms with Crippen LogP contribution in [0.15, 0.2) is 41.1 Å². The van der Waals surface area contributed by atoms with Crippen LogP contribution >= 0.6 is 0 Å². The predicted octanol–water partition coefficient (Wildman–Crippen LogP) is 2.29. The third-order valence-electron chi connectivity index (χ3n) is 2.35. The molecule has 0 radical (unpaired) electrons. The number of hydrogen-bond acceptors (Lipinski definition) is 5. The molecule has 3 aromatic heterocycles. The van der Waals surface area contributed by atoms with Gasteiger partial charge in [-0.05, 0) is 18.2 Å². The van der Waals surface area contributed by atoms with Gasteiger partial charge in [0.1, 0.15) is 5.52 Å². The first kappa shape index (κ1) is 9.77. The van der Waals surface area contributed by atoms with E-state index in [-0.39, 0.29) is 0 Å². The number of nitrogens with zero attached hydrogens (tertiary/aromatic N) is 3. The number of fused-ring (bicyclic) bond motifs is 1. The van der Waals surface area contributed by atoms with Crippen LogP contribution in [0.1, 0.15) is 0 Å². The third-order valence-corrected chi connectivity index (χ3v) is 2.35. The summed E-state index contributed by atoms with van der Waals surface area (Å²) >= 11 is 0. The van der Waals surface area contributed by atoms with Crippen molar-refractivity contribution in [1.82, 2.24) is 15.0 Å². The molecular formula is C12H9N3O2. The van der Waals surface area contributed by atoms with Crippen LogP contribution in [0.25, 0.3) is 22.7 Å². The summed E-state index contributed by atoms with van der Waals surface area (Å²) in [5.41, 5.74) is 1.98. The number of aromatic nitrogens is 3. The Morgan fingerprint density at radius 1 is 1.18 bits per heavy atom. The second-order valence-electron chi connectivity index (χ2n) is 3.44. The zero-order valence-electron chi connectivity index (χ0n) is 9.12. The van der Waals surface area contributed by atoms with Gasteiger partial charge in [-0.3, -0.25) is 4.98 Å². The number of pyridine rings is 2. The maximum atomic E-state index is 5.55. The van der Waals surface area contributed by atoms with Gasteiger partial charge in [0, 0.05) is 18.5 Å². The van der Waals surface area contributed by atoms with E-state index < -0.39 is 0 Å². The summed E-state index contributed by atoms with van der Waals surface area (Å²) in [5, 5.41) is 0. The van der Waals surface area contributed by atoms with Crippen LogP contribution < -0.4 is 4.74 Å². The molecule has 0 fully saturated rings. The van der Waals surface area contributed by atoms with Crippen LogP contribution in [-0.2, 0) is 0 Å². The minimum atomic E-state index is 0.461. The lowest BCUT2D eigenvalue weighted by Crippen LogP contribution is -1.85. The molecule has 0 saturated heterocycles. The molecule has 5 nitrogen and oxygen atoms in total. The number of oxazole rings is 1. The monoisotopic (exact) mass is 227 g/mol. The molecule has 0 unspecified atom stereocenters. The Labute approximate surface area is 97.1 Å². The molecule has 17 heavy (non-hydrogen) atoms. The number of rotatable bonds is 2. The van der Waals surface area contributed by atoms with Crippen molar-refractivity contribution < 1.29 is 9.15 Å². The van der Waals surface area contributed by atoms with Gasteiger partial charge in [-0.15, -0.1) is 0 Å². The fourth-order valence-corrected chi connectivity index (χ4v) is 1.53. The Kier molecular flexibility index (Phi) is 2.22. The Morgan fingerprint density at radius 3 is 2.88 bits per heavy atom. The van der Waals surface area contributed by atoms with Gasteiger partial charge in [-0.2, -0.15) is 4.98 Å². The molecule has 0 aliphatic rings. The van der Waals surface area contributed by atoms with Crippen molar-refractivity contribution in [2.45, 2.75) is 0 Å². The average molecular weight is 227 g/mol. The molecule has 5 heteroatoms. The van der Waals surface area contributed by atoms with E-state index in [1.54, 1.807) is 25.6 Å². The minimum Gasteiger partial charge on any atom is -0.481 e. The lowest BCUT2D eigenvalue weighted by atomic mass is 10.3. The van der Waals surface area contributed by atoms with E-state index >= 15 is 0 Å². The van der Waals surface area contributed by atoms with Crippen LogP contribution in [0.2, 0.25) is 0 Å².